The van der Waals surface area contributed by atoms with Crippen LogP contribution in [0.4, 0.5) is 0 Å². The number of ether oxygens (including phenoxy) is 1. The normalized spacial score (nSPS) is 12.1. The molecule has 0 bridgehead atoms. The molecule has 0 spiro atoms. The van der Waals surface area contributed by atoms with Crippen LogP contribution in [0.15, 0.2) is 23.4 Å². The first-order chi connectivity index (χ1) is 9.04. The average molecular weight is 285 g/mol. The van der Waals surface area contributed by atoms with Crippen LogP contribution >= 0.6 is 11.6 Å². The van der Waals surface area contributed by atoms with Gasteiger partial charge in [0, 0.05) is 17.2 Å². The van der Waals surface area contributed by atoms with Gasteiger partial charge in [-0.1, -0.05) is 42.7 Å². The quantitative estimate of drug-likeness (QED) is 0.265. The van der Waals surface area contributed by atoms with E-state index < -0.39 is 0 Å². The van der Waals surface area contributed by atoms with Crippen molar-refractivity contribution in [3.05, 3.63) is 34.3 Å². The van der Waals surface area contributed by atoms with Gasteiger partial charge in [-0.05, 0) is 30.4 Å². The maximum atomic E-state index is 8.59. The molecular weight excluding hydrogens is 264 g/mol. The van der Waals surface area contributed by atoms with Crippen molar-refractivity contribution < 1.29 is 9.94 Å². The number of hydrogen-bond donors (Lipinski definition) is 2. The maximum Gasteiger partial charge on any atom is 0.170 e. The second-order valence-corrected chi connectivity index (χ2v) is 5.29. The molecule has 0 amide bonds. The van der Waals surface area contributed by atoms with E-state index in [4.69, 9.17) is 27.3 Å². The van der Waals surface area contributed by atoms with Crippen LogP contribution in [-0.4, -0.2) is 17.6 Å². The predicted octanol–water partition coefficient (Wildman–Crippen LogP) is 3.39. The van der Waals surface area contributed by atoms with Gasteiger partial charge in [-0.2, -0.15) is 0 Å². The van der Waals surface area contributed by atoms with Crippen LogP contribution < -0.4 is 5.73 Å². The summed E-state index contributed by atoms with van der Waals surface area (Å²) in [4.78, 5) is 0. The number of amidine groups is 1. The Morgan fingerprint density at radius 1 is 1.47 bits per heavy atom. The number of halogens is 1. The Morgan fingerprint density at radius 2 is 2.21 bits per heavy atom. The molecule has 0 saturated carbocycles. The smallest absolute Gasteiger partial charge is 0.170 e. The highest BCUT2D eigenvalue weighted by Crippen LogP contribution is 2.19. The van der Waals surface area contributed by atoms with Crippen LogP contribution in [0.1, 0.15) is 37.8 Å². The van der Waals surface area contributed by atoms with Gasteiger partial charge in [0.25, 0.3) is 0 Å². The first-order valence-electron chi connectivity index (χ1n) is 6.38. The van der Waals surface area contributed by atoms with E-state index in [2.05, 4.69) is 19.0 Å². The van der Waals surface area contributed by atoms with E-state index in [1.165, 1.54) is 0 Å². The zero-order valence-corrected chi connectivity index (χ0v) is 12.2. The summed E-state index contributed by atoms with van der Waals surface area (Å²) >= 11 is 6.12. The molecular formula is C14H21ClN2O2. The minimum atomic E-state index is 0.0475. The molecule has 1 rings (SSSR count). The molecule has 0 atom stereocenters. The van der Waals surface area contributed by atoms with E-state index >= 15 is 0 Å². The number of oxime groups is 1. The maximum absolute atomic E-state index is 8.59. The summed E-state index contributed by atoms with van der Waals surface area (Å²) in [7, 11) is 0. The van der Waals surface area contributed by atoms with Crippen LogP contribution in [-0.2, 0) is 11.3 Å². The standard InChI is InChI=1S/C14H21ClN2O2/c1-10(2)4-3-7-19-9-12-6-5-11(8-13(12)15)14(16)17-18/h5-6,8,10,18H,3-4,7,9H2,1-2H3,(H2,16,17). The summed E-state index contributed by atoms with van der Waals surface area (Å²) in [6, 6.07) is 5.26. The van der Waals surface area contributed by atoms with E-state index in [9.17, 15) is 0 Å². The van der Waals surface area contributed by atoms with E-state index in [0.717, 1.165) is 25.0 Å². The Kier molecular flexibility index (Phi) is 6.67. The first-order valence-corrected chi connectivity index (χ1v) is 6.76. The molecule has 106 valence electrons. The monoisotopic (exact) mass is 284 g/mol. The Bertz CT molecular complexity index is 433. The lowest BCUT2D eigenvalue weighted by Crippen LogP contribution is -2.13. The van der Waals surface area contributed by atoms with Crippen molar-refractivity contribution >= 4 is 17.4 Å². The third kappa shape index (κ3) is 5.49. The minimum Gasteiger partial charge on any atom is -0.409 e. The van der Waals surface area contributed by atoms with Gasteiger partial charge in [-0.25, -0.2) is 0 Å². The SMILES string of the molecule is CC(C)CCCOCc1ccc(/C(N)=N/O)cc1Cl. The van der Waals surface area contributed by atoms with Crippen LogP contribution in [0.25, 0.3) is 0 Å². The number of rotatable bonds is 7. The highest BCUT2D eigenvalue weighted by atomic mass is 35.5. The summed E-state index contributed by atoms with van der Waals surface area (Å²) < 4.78 is 5.58. The summed E-state index contributed by atoms with van der Waals surface area (Å²) in [6.45, 7) is 5.61. The lowest BCUT2D eigenvalue weighted by molar-refractivity contribution is 0.115. The highest BCUT2D eigenvalue weighted by Gasteiger charge is 2.05. The molecule has 19 heavy (non-hydrogen) atoms. The molecule has 1 aromatic rings. The molecule has 0 aliphatic heterocycles. The molecule has 0 fully saturated rings. The van der Waals surface area contributed by atoms with Crippen molar-refractivity contribution in [2.45, 2.75) is 33.3 Å². The summed E-state index contributed by atoms with van der Waals surface area (Å²) in [5.74, 6) is 0.749. The van der Waals surface area contributed by atoms with Crippen molar-refractivity contribution in [3.8, 4) is 0 Å². The molecule has 1 aromatic carbocycles. The zero-order chi connectivity index (χ0) is 14.3. The Morgan fingerprint density at radius 3 is 2.79 bits per heavy atom. The summed E-state index contributed by atoms with van der Waals surface area (Å²) in [6.07, 6.45) is 2.22. The topological polar surface area (TPSA) is 67.8 Å². The molecule has 4 nitrogen and oxygen atoms in total. The second kappa shape index (κ2) is 8.02. The fourth-order valence-corrected chi connectivity index (χ4v) is 1.89. The lowest BCUT2D eigenvalue weighted by atomic mass is 10.1. The molecule has 0 aliphatic rings. The third-order valence-corrected chi connectivity index (χ3v) is 3.14. The lowest BCUT2D eigenvalue weighted by Gasteiger charge is -2.08. The number of benzene rings is 1. The highest BCUT2D eigenvalue weighted by molar-refractivity contribution is 6.31. The molecule has 5 heteroatoms. The molecule has 3 N–H and O–H groups in total. The van der Waals surface area contributed by atoms with Crippen LogP contribution in [0.5, 0.6) is 0 Å². The van der Waals surface area contributed by atoms with Crippen molar-refractivity contribution in [2.75, 3.05) is 6.61 Å². The van der Waals surface area contributed by atoms with Crippen molar-refractivity contribution in [2.24, 2.45) is 16.8 Å². The van der Waals surface area contributed by atoms with Crippen LogP contribution in [0, 0.1) is 5.92 Å². The van der Waals surface area contributed by atoms with Gasteiger partial charge in [-0.15, -0.1) is 0 Å². The Balaban J connectivity index is 2.47. The van der Waals surface area contributed by atoms with Crippen molar-refractivity contribution in [1.29, 1.82) is 0 Å². The van der Waals surface area contributed by atoms with E-state index in [-0.39, 0.29) is 5.84 Å². The molecule has 0 aliphatic carbocycles. The largest absolute Gasteiger partial charge is 0.409 e. The van der Waals surface area contributed by atoms with Crippen LogP contribution in [0.3, 0.4) is 0 Å². The second-order valence-electron chi connectivity index (χ2n) is 4.88. The molecule has 0 saturated heterocycles. The molecule has 0 unspecified atom stereocenters. The van der Waals surface area contributed by atoms with Gasteiger partial charge in [0.15, 0.2) is 5.84 Å². The Labute approximate surface area is 119 Å². The number of nitrogens with zero attached hydrogens (tertiary/aromatic N) is 1. The number of hydrogen-bond acceptors (Lipinski definition) is 3. The molecule has 0 heterocycles. The zero-order valence-electron chi connectivity index (χ0n) is 11.4. The van der Waals surface area contributed by atoms with Gasteiger partial charge in [-0.3, -0.25) is 0 Å². The average Bonchev–Trinajstić information content (AvgIpc) is 2.38. The van der Waals surface area contributed by atoms with Gasteiger partial charge in [0.2, 0.25) is 0 Å². The molecule has 0 radical (unpaired) electrons. The fourth-order valence-electron chi connectivity index (χ4n) is 1.66. The first kappa shape index (κ1) is 15.8. The molecule has 0 aromatic heterocycles. The van der Waals surface area contributed by atoms with E-state index in [0.29, 0.717) is 23.1 Å². The summed E-state index contributed by atoms with van der Waals surface area (Å²) in [5.41, 5.74) is 6.99. The predicted molar refractivity (Wildman–Crippen MR) is 77.7 cm³/mol. The van der Waals surface area contributed by atoms with Crippen molar-refractivity contribution in [3.63, 3.8) is 0 Å². The van der Waals surface area contributed by atoms with E-state index in [1.807, 2.05) is 6.07 Å². The fraction of sp³-hybridized carbons (Fsp3) is 0.500. The van der Waals surface area contributed by atoms with Crippen molar-refractivity contribution in [1.82, 2.24) is 0 Å². The van der Waals surface area contributed by atoms with Crippen LogP contribution in [0.2, 0.25) is 5.02 Å². The van der Waals surface area contributed by atoms with Gasteiger partial charge >= 0.3 is 0 Å². The summed E-state index contributed by atoms with van der Waals surface area (Å²) in [5, 5.41) is 12.1. The minimum absolute atomic E-state index is 0.0475. The van der Waals surface area contributed by atoms with E-state index in [1.54, 1.807) is 12.1 Å². The van der Waals surface area contributed by atoms with Gasteiger partial charge in [0.05, 0.1) is 6.61 Å². The van der Waals surface area contributed by atoms with Gasteiger partial charge < -0.3 is 15.7 Å². The Hall–Kier alpha value is -1.26. The number of nitrogens with two attached hydrogens (primary N) is 1. The van der Waals surface area contributed by atoms with Gasteiger partial charge in [0.1, 0.15) is 0 Å². The third-order valence-electron chi connectivity index (χ3n) is 2.78.